The van der Waals surface area contributed by atoms with Crippen LogP contribution >= 0.6 is 11.3 Å². The van der Waals surface area contributed by atoms with Gasteiger partial charge in [0.05, 0.1) is 10.9 Å². The first-order valence-electron chi connectivity index (χ1n) is 8.07. The highest BCUT2D eigenvalue weighted by Crippen LogP contribution is 2.31. The minimum absolute atomic E-state index is 0.0251. The maximum atomic E-state index is 12.4. The molecule has 126 valence electrons. The van der Waals surface area contributed by atoms with Crippen molar-refractivity contribution in [3.8, 4) is 0 Å². The molecule has 1 aromatic carbocycles. The minimum atomic E-state index is -0.584. The highest BCUT2D eigenvalue weighted by Gasteiger charge is 2.25. The number of fused-ring (bicyclic) bond motifs is 1. The van der Waals surface area contributed by atoms with Gasteiger partial charge in [0.15, 0.2) is 0 Å². The molecule has 2 aromatic rings. The molecular formula is C18H21N3O2S. The maximum absolute atomic E-state index is 12.4. The number of carbonyl (C=O) groups excluding carboxylic acids is 2. The van der Waals surface area contributed by atoms with Crippen molar-refractivity contribution >= 4 is 28.8 Å². The summed E-state index contributed by atoms with van der Waals surface area (Å²) in [5, 5.41) is 7.64. The van der Waals surface area contributed by atoms with Gasteiger partial charge in [-0.1, -0.05) is 12.1 Å². The number of aryl methyl sites for hydroxylation is 1. The third-order valence-corrected chi connectivity index (χ3v) is 5.15. The Morgan fingerprint density at radius 2 is 2.17 bits per heavy atom. The zero-order chi connectivity index (χ0) is 17.1. The van der Waals surface area contributed by atoms with Crippen LogP contribution in [0, 0.1) is 0 Å². The summed E-state index contributed by atoms with van der Waals surface area (Å²) in [5.41, 5.74) is 8.91. The van der Waals surface area contributed by atoms with Crippen LogP contribution in [0.15, 0.2) is 35.7 Å². The van der Waals surface area contributed by atoms with E-state index in [0.29, 0.717) is 4.88 Å². The van der Waals surface area contributed by atoms with Crippen molar-refractivity contribution in [1.82, 2.24) is 10.6 Å². The van der Waals surface area contributed by atoms with E-state index in [-0.39, 0.29) is 17.9 Å². The third kappa shape index (κ3) is 3.59. The Balaban J connectivity index is 1.64. The quantitative estimate of drug-likeness (QED) is 0.746. The summed E-state index contributed by atoms with van der Waals surface area (Å²) in [6.07, 6.45) is 2.89. The Morgan fingerprint density at radius 1 is 1.33 bits per heavy atom. The number of nitrogens with one attached hydrogen (secondary N) is 2. The van der Waals surface area contributed by atoms with Gasteiger partial charge in [-0.3, -0.25) is 9.59 Å². The molecule has 2 atom stereocenters. The molecule has 2 amide bonds. The predicted molar refractivity (Wildman–Crippen MR) is 95.9 cm³/mol. The van der Waals surface area contributed by atoms with Gasteiger partial charge in [0.1, 0.15) is 6.04 Å². The molecule has 1 aliphatic rings. The first kappa shape index (κ1) is 16.5. The smallest absolute Gasteiger partial charge is 0.261 e. The lowest BCUT2D eigenvalue weighted by Crippen LogP contribution is -2.46. The second-order valence-corrected chi connectivity index (χ2v) is 7.03. The highest BCUT2D eigenvalue weighted by atomic mass is 32.1. The van der Waals surface area contributed by atoms with Crippen LogP contribution in [0.1, 0.15) is 46.6 Å². The summed E-state index contributed by atoms with van der Waals surface area (Å²) in [7, 11) is 0. The fourth-order valence-corrected chi connectivity index (χ4v) is 3.65. The molecule has 1 aliphatic carbocycles. The monoisotopic (exact) mass is 343 g/mol. The van der Waals surface area contributed by atoms with E-state index >= 15 is 0 Å². The number of anilines is 1. The van der Waals surface area contributed by atoms with Crippen LogP contribution < -0.4 is 16.4 Å². The third-order valence-electron chi connectivity index (χ3n) is 4.28. The van der Waals surface area contributed by atoms with Crippen molar-refractivity contribution in [2.45, 2.75) is 38.3 Å². The van der Waals surface area contributed by atoms with E-state index in [1.807, 2.05) is 29.6 Å². The summed E-state index contributed by atoms with van der Waals surface area (Å²) in [4.78, 5) is 25.1. The fourth-order valence-electron chi connectivity index (χ4n) is 3.02. The zero-order valence-corrected chi connectivity index (χ0v) is 14.4. The molecule has 0 aliphatic heterocycles. The minimum Gasteiger partial charge on any atom is -0.399 e. The zero-order valence-electron chi connectivity index (χ0n) is 13.5. The normalized spacial score (nSPS) is 17.6. The fraction of sp³-hybridized carbons (Fsp3) is 0.333. The number of nitrogen functional groups attached to an aromatic ring is 1. The van der Waals surface area contributed by atoms with Gasteiger partial charge in [0, 0.05) is 5.69 Å². The van der Waals surface area contributed by atoms with Crippen molar-refractivity contribution < 1.29 is 9.59 Å². The molecule has 0 saturated heterocycles. The lowest BCUT2D eigenvalue weighted by Gasteiger charge is -2.28. The number of hydrogen-bond acceptors (Lipinski definition) is 4. The van der Waals surface area contributed by atoms with Crippen LogP contribution in [0.5, 0.6) is 0 Å². The van der Waals surface area contributed by atoms with E-state index < -0.39 is 6.04 Å². The molecule has 1 heterocycles. The first-order valence-corrected chi connectivity index (χ1v) is 8.95. The van der Waals surface area contributed by atoms with Gasteiger partial charge in [0.2, 0.25) is 5.91 Å². The number of nitrogens with two attached hydrogens (primary N) is 1. The van der Waals surface area contributed by atoms with Crippen molar-refractivity contribution in [3.05, 3.63) is 51.7 Å². The number of amides is 2. The molecule has 0 spiro atoms. The average molecular weight is 343 g/mol. The molecular weight excluding hydrogens is 322 g/mol. The molecule has 0 radical (unpaired) electrons. The molecule has 0 saturated carbocycles. The molecule has 0 fully saturated rings. The lowest BCUT2D eigenvalue weighted by atomic mass is 9.87. The van der Waals surface area contributed by atoms with Gasteiger partial charge in [0.25, 0.3) is 5.91 Å². The Labute approximate surface area is 145 Å². The van der Waals surface area contributed by atoms with Gasteiger partial charge in [-0.2, -0.15) is 0 Å². The topological polar surface area (TPSA) is 84.2 Å². The largest absolute Gasteiger partial charge is 0.399 e. The Hall–Kier alpha value is -2.34. The molecule has 1 aromatic heterocycles. The van der Waals surface area contributed by atoms with E-state index in [4.69, 9.17) is 5.73 Å². The van der Waals surface area contributed by atoms with E-state index in [2.05, 4.69) is 10.6 Å². The summed E-state index contributed by atoms with van der Waals surface area (Å²) >= 11 is 1.36. The summed E-state index contributed by atoms with van der Waals surface area (Å²) in [5.74, 6) is -0.390. The van der Waals surface area contributed by atoms with E-state index in [0.717, 1.165) is 30.5 Å². The highest BCUT2D eigenvalue weighted by molar-refractivity contribution is 7.12. The van der Waals surface area contributed by atoms with Crippen LogP contribution in [0.25, 0.3) is 0 Å². The lowest BCUT2D eigenvalue weighted by molar-refractivity contribution is -0.123. The van der Waals surface area contributed by atoms with Gasteiger partial charge < -0.3 is 16.4 Å². The van der Waals surface area contributed by atoms with Crippen LogP contribution in [0.4, 0.5) is 5.69 Å². The molecule has 0 bridgehead atoms. The molecule has 2 unspecified atom stereocenters. The van der Waals surface area contributed by atoms with Crippen LogP contribution in [0.3, 0.4) is 0 Å². The predicted octanol–water partition coefficient (Wildman–Crippen LogP) is 2.64. The SMILES string of the molecule is CC(NC(=O)c1cccs1)C(=O)NC1CCCc2cc(N)ccc21. The first-order chi connectivity index (χ1) is 11.5. The molecule has 3 rings (SSSR count). The van der Waals surface area contributed by atoms with Gasteiger partial charge in [-0.15, -0.1) is 11.3 Å². The molecule has 5 nitrogen and oxygen atoms in total. The molecule has 24 heavy (non-hydrogen) atoms. The number of benzene rings is 1. The molecule has 4 N–H and O–H groups in total. The summed E-state index contributed by atoms with van der Waals surface area (Å²) < 4.78 is 0. The van der Waals surface area contributed by atoms with Gasteiger partial charge >= 0.3 is 0 Å². The number of carbonyl (C=O) groups is 2. The summed E-state index contributed by atoms with van der Waals surface area (Å²) in [6.45, 7) is 1.70. The Morgan fingerprint density at radius 3 is 2.92 bits per heavy atom. The average Bonchev–Trinajstić information content (AvgIpc) is 3.09. The van der Waals surface area contributed by atoms with E-state index in [1.54, 1.807) is 13.0 Å². The Bertz CT molecular complexity index is 743. The Kier molecular flexibility index (Phi) is 4.85. The number of hydrogen-bond donors (Lipinski definition) is 3. The van der Waals surface area contributed by atoms with Gasteiger partial charge in [-0.05, 0) is 60.9 Å². The van der Waals surface area contributed by atoms with Gasteiger partial charge in [-0.25, -0.2) is 0 Å². The van der Waals surface area contributed by atoms with E-state index in [9.17, 15) is 9.59 Å². The standard InChI is InChI=1S/C18H21N3O2S/c1-11(20-18(23)16-6-3-9-24-16)17(22)21-15-5-2-4-12-10-13(19)7-8-14(12)15/h3,6-11,15H,2,4-5,19H2,1H3,(H,20,23)(H,21,22). The second kappa shape index (κ2) is 7.05. The van der Waals surface area contributed by atoms with Crippen LogP contribution in [0.2, 0.25) is 0 Å². The van der Waals surface area contributed by atoms with Crippen molar-refractivity contribution in [2.24, 2.45) is 0 Å². The maximum Gasteiger partial charge on any atom is 0.261 e. The van der Waals surface area contributed by atoms with Crippen molar-refractivity contribution in [3.63, 3.8) is 0 Å². The van der Waals surface area contributed by atoms with Crippen molar-refractivity contribution in [2.75, 3.05) is 5.73 Å². The number of thiophene rings is 1. The van der Waals surface area contributed by atoms with Crippen LogP contribution in [-0.4, -0.2) is 17.9 Å². The second-order valence-electron chi connectivity index (χ2n) is 6.08. The number of rotatable bonds is 4. The van der Waals surface area contributed by atoms with E-state index in [1.165, 1.54) is 16.9 Å². The molecule has 6 heteroatoms. The van der Waals surface area contributed by atoms with Crippen LogP contribution in [-0.2, 0) is 11.2 Å². The summed E-state index contributed by atoms with van der Waals surface area (Å²) in [6, 6.07) is 8.79. The van der Waals surface area contributed by atoms with Crippen molar-refractivity contribution in [1.29, 1.82) is 0 Å².